The molecule has 5 aromatic rings. The number of rotatable bonds is 5. The van der Waals surface area contributed by atoms with Crippen molar-refractivity contribution < 1.29 is 18.0 Å². The van der Waals surface area contributed by atoms with Crippen LogP contribution < -0.4 is 10.6 Å². The Balaban J connectivity index is 1.27. The van der Waals surface area contributed by atoms with Crippen molar-refractivity contribution in [1.29, 1.82) is 0 Å². The number of carbonyl (C=O) groups excluding carboxylic acids is 1. The van der Waals surface area contributed by atoms with Gasteiger partial charge in [-0.05, 0) is 62.6 Å². The molecule has 0 spiro atoms. The second-order valence-corrected chi connectivity index (χ2v) is 10.8. The van der Waals surface area contributed by atoms with E-state index in [2.05, 4.69) is 37.4 Å². The summed E-state index contributed by atoms with van der Waals surface area (Å²) in [5, 5.41) is 7.97. The first-order valence-electron chi connectivity index (χ1n) is 12.8. The SMILES string of the molecule is Cc1cn(-c2cc(NC(=O)c3ccc(C)c(C#Cc4csc5c(NC6CC6)ncnc45)c3)cc(C(F)(F)F)c2)cn1. The summed E-state index contributed by atoms with van der Waals surface area (Å²) in [6, 6.07) is 8.87. The number of imidazole rings is 1. The number of halogens is 3. The quantitative estimate of drug-likeness (QED) is 0.228. The first kappa shape index (κ1) is 26.5. The molecule has 1 aliphatic rings. The van der Waals surface area contributed by atoms with Crippen molar-refractivity contribution in [2.75, 3.05) is 10.6 Å². The number of alkyl halides is 3. The van der Waals surface area contributed by atoms with Crippen molar-refractivity contribution in [3.05, 3.63) is 94.1 Å². The average molecular weight is 573 g/mol. The maximum Gasteiger partial charge on any atom is 0.416 e. The molecule has 6 rings (SSSR count). The Kier molecular flexibility index (Phi) is 6.71. The van der Waals surface area contributed by atoms with Crippen molar-refractivity contribution in [3.63, 3.8) is 0 Å². The van der Waals surface area contributed by atoms with Crippen LogP contribution in [0.1, 0.15) is 51.1 Å². The smallest absolute Gasteiger partial charge is 0.366 e. The molecule has 0 unspecified atom stereocenters. The summed E-state index contributed by atoms with van der Waals surface area (Å²) >= 11 is 1.52. The average Bonchev–Trinajstić information content (AvgIpc) is 3.48. The molecule has 2 N–H and O–H groups in total. The van der Waals surface area contributed by atoms with Gasteiger partial charge in [-0.3, -0.25) is 4.79 Å². The van der Waals surface area contributed by atoms with Crippen LogP contribution in [0, 0.1) is 25.7 Å². The summed E-state index contributed by atoms with van der Waals surface area (Å²) in [5.74, 6) is 6.56. The summed E-state index contributed by atoms with van der Waals surface area (Å²) in [6.07, 6.45) is 2.23. The third-order valence-corrected chi connectivity index (χ3v) is 7.59. The van der Waals surface area contributed by atoms with Gasteiger partial charge in [0.1, 0.15) is 17.7 Å². The maximum absolute atomic E-state index is 13.6. The van der Waals surface area contributed by atoms with E-state index < -0.39 is 17.6 Å². The Hall–Kier alpha value is -4.69. The minimum Gasteiger partial charge on any atom is -0.366 e. The molecule has 3 aromatic heterocycles. The number of amides is 1. The van der Waals surface area contributed by atoms with Crippen LogP contribution >= 0.6 is 11.3 Å². The van der Waals surface area contributed by atoms with Gasteiger partial charge >= 0.3 is 6.18 Å². The standard InChI is InChI=1S/C30H23F3N6OS/c1-17-3-4-20(9-19(17)5-6-21-14-41-27-26(21)34-15-35-28(27)37-23-7-8-23)29(40)38-24-10-22(30(31,32)33)11-25(12-24)39-13-18(2)36-16-39/h3-4,9-16,23H,7-8H2,1-2H3,(H,38,40)(H,34,35,37). The summed E-state index contributed by atoms with van der Waals surface area (Å²) in [4.78, 5) is 26.0. The minimum absolute atomic E-state index is 0.0134. The highest BCUT2D eigenvalue weighted by atomic mass is 32.1. The highest BCUT2D eigenvalue weighted by molar-refractivity contribution is 7.18. The van der Waals surface area contributed by atoms with Crippen LogP contribution in [0.4, 0.5) is 24.7 Å². The van der Waals surface area contributed by atoms with Crippen LogP contribution in [-0.2, 0) is 6.18 Å². The van der Waals surface area contributed by atoms with Gasteiger partial charge in [-0.2, -0.15) is 13.2 Å². The predicted molar refractivity (Wildman–Crippen MR) is 152 cm³/mol. The van der Waals surface area contributed by atoms with Crippen LogP contribution in [0.3, 0.4) is 0 Å². The van der Waals surface area contributed by atoms with Gasteiger partial charge in [0, 0.05) is 40.1 Å². The van der Waals surface area contributed by atoms with Gasteiger partial charge < -0.3 is 15.2 Å². The molecule has 0 bridgehead atoms. The Bertz CT molecular complexity index is 1860. The van der Waals surface area contributed by atoms with Gasteiger partial charge in [0.2, 0.25) is 0 Å². The normalized spacial score (nSPS) is 13.1. The minimum atomic E-state index is -4.59. The van der Waals surface area contributed by atoms with E-state index in [1.165, 1.54) is 34.6 Å². The molecule has 1 fully saturated rings. The molecule has 2 aromatic carbocycles. The highest BCUT2D eigenvalue weighted by Gasteiger charge is 2.31. The fraction of sp³-hybridized carbons (Fsp3) is 0.200. The predicted octanol–water partition coefficient (Wildman–Crippen LogP) is 6.74. The van der Waals surface area contributed by atoms with E-state index in [4.69, 9.17) is 0 Å². The van der Waals surface area contributed by atoms with E-state index in [9.17, 15) is 18.0 Å². The zero-order valence-corrected chi connectivity index (χ0v) is 22.8. The number of aromatic nitrogens is 4. The van der Waals surface area contributed by atoms with Crippen molar-refractivity contribution >= 4 is 39.0 Å². The van der Waals surface area contributed by atoms with Crippen molar-refractivity contribution in [1.82, 2.24) is 19.5 Å². The summed E-state index contributed by atoms with van der Waals surface area (Å²) in [6.45, 7) is 3.62. The van der Waals surface area contributed by atoms with E-state index in [0.29, 0.717) is 17.3 Å². The topological polar surface area (TPSA) is 84.7 Å². The Morgan fingerprint density at radius 3 is 2.59 bits per heavy atom. The van der Waals surface area contributed by atoms with E-state index in [1.807, 2.05) is 12.3 Å². The number of anilines is 2. The highest BCUT2D eigenvalue weighted by Crippen LogP contribution is 2.34. The van der Waals surface area contributed by atoms with E-state index >= 15 is 0 Å². The first-order chi connectivity index (χ1) is 19.6. The molecular formula is C30H23F3N6OS. The van der Waals surface area contributed by atoms with Gasteiger partial charge in [-0.1, -0.05) is 17.9 Å². The van der Waals surface area contributed by atoms with Crippen molar-refractivity contribution in [2.24, 2.45) is 0 Å². The van der Waals surface area contributed by atoms with E-state index in [-0.39, 0.29) is 16.9 Å². The number of hydrogen-bond donors (Lipinski definition) is 2. The molecule has 1 amide bonds. The number of carbonyl (C=O) groups is 1. The van der Waals surface area contributed by atoms with Crippen LogP contribution in [0.15, 0.2) is 60.6 Å². The zero-order valence-electron chi connectivity index (χ0n) is 22.0. The molecule has 3 heterocycles. The zero-order chi connectivity index (χ0) is 28.7. The number of fused-ring (bicyclic) bond motifs is 1. The monoisotopic (exact) mass is 572 g/mol. The van der Waals surface area contributed by atoms with Crippen LogP contribution in [0.25, 0.3) is 15.9 Å². The molecule has 7 nitrogen and oxygen atoms in total. The largest absolute Gasteiger partial charge is 0.416 e. The fourth-order valence-corrected chi connectivity index (χ4v) is 5.16. The second kappa shape index (κ2) is 10.4. The lowest BCUT2D eigenvalue weighted by Gasteiger charge is -2.14. The molecule has 0 atom stereocenters. The van der Waals surface area contributed by atoms with Gasteiger partial charge in [-0.25, -0.2) is 15.0 Å². The first-order valence-corrected chi connectivity index (χ1v) is 13.7. The Morgan fingerprint density at radius 2 is 1.85 bits per heavy atom. The second-order valence-electron chi connectivity index (χ2n) is 9.89. The molecule has 0 radical (unpaired) electrons. The molecule has 1 saturated carbocycles. The van der Waals surface area contributed by atoms with Crippen LogP contribution in [-0.4, -0.2) is 31.5 Å². The molecule has 0 saturated heterocycles. The van der Waals surface area contributed by atoms with E-state index in [1.54, 1.807) is 31.3 Å². The molecular weight excluding hydrogens is 549 g/mol. The van der Waals surface area contributed by atoms with Gasteiger partial charge in [0.25, 0.3) is 5.91 Å². The Labute approximate surface area is 237 Å². The number of hydrogen-bond acceptors (Lipinski definition) is 6. The number of benzene rings is 2. The molecule has 11 heteroatoms. The van der Waals surface area contributed by atoms with Crippen LogP contribution in [0.5, 0.6) is 0 Å². The van der Waals surface area contributed by atoms with Gasteiger partial charge in [0.15, 0.2) is 0 Å². The molecule has 41 heavy (non-hydrogen) atoms. The third kappa shape index (κ3) is 5.78. The van der Waals surface area contributed by atoms with Crippen molar-refractivity contribution in [2.45, 2.75) is 38.9 Å². The molecule has 206 valence electrons. The van der Waals surface area contributed by atoms with Crippen LogP contribution in [0.2, 0.25) is 0 Å². The van der Waals surface area contributed by atoms with E-state index in [0.717, 1.165) is 52.1 Å². The Morgan fingerprint density at radius 1 is 1.05 bits per heavy atom. The lowest BCUT2D eigenvalue weighted by Crippen LogP contribution is -2.14. The summed E-state index contributed by atoms with van der Waals surface area (Å²) in [5.41, 5.74) is 3.29. The summed E-state index contributed by atoms with van der Waals surface area (Å²) < 4.78 is 43.3. The summed E-state index contributed by atoms with van der Waals surface area (Å²) in [7, 11) is 0. The van der Waals surface area contributed by atoms with Gasteiger partial charge in [0.05, 0.1) is 27.8 Å². The molecule has 0 aliphatic heterocycles. The lowest BCUT2D eigenvalue weighted by atomic mass is 10.0. The van der Waals surface area contributed by atoms with Gasteiger partial charge in [-0.15, -0.1) is 11.3 Å². The molecule has 1 aliphatic carbocycles. The van der Waals surface area contributed by atoms with Crippen molar-refractivity contribution in [3.8, 4) is 17.5 Å². The fourth-order valence-electron chi connectivity index (χ4n) is 4.26. The number of aryl methyl sites for hydroxylation is 2. The maximum atomic E-state index is 13.6. The third-order valence-electron chi connectivity index (χ3n) is 6.62. The number of nitrogens with one attached hydrogen (secondary N) is 2. The lowest BCUT2D eigenvalue weighted by molar-refractivity contribution is -0.137. The number of thiophene rings is 1. The number of nitrogens with zero attached hydrogens (tertiary/aromatic N) is 4.